The largest absolute Gasteiger partial charge is 0.480 e. The van der Waals surface area contributed by atoms with Crippen LogP contribution in [0.1, 0.15) is 44.6 Å². The van der Waals surface area contributed by atoms with Gasteiger partial charge in [-0.25, -0.2) is 9.59 Å². The van der Waals surface area contributed by atoms with Gasteiger partial charge in [0, 0.05) is 6.54 Å². The van der Waals surface area contributed by atoms with Crippen molar-refractivity contribution in [2.45, 2.75) is 57.7 Å². The maximum absolute atomic E-state index is 12.7. The Balaban J connectivity index is 1.91. The SMILES string of the molecule is C[C@H](NC(=O)OCc1ccccc1)C(=O)N1CCCCCCC1C(=O)O. The molecule has 1 saturated heterocycles. The van der Waals surface area contributed by atoms with Gasteiger partial charge in [0.25, 0.3) is 0 Å². The van der Waals surface area contributed by atoms with Crippen LogP contribution in [0.3, 0.4) is 0 Å². The van der Waals surface area contributed by atoms with Crippen LogP contribution in [0.15, 0.2) is 30.3 Å². The van der Waals surface area contributed by atoms with Crippen molar-refractivity contribution in [3.05, 3.63) is 35.9 Å². The van der Waals surface area contributed by atoms with E-state index in [1.54, 1.807) is 6.92 Å². The molecular weight excluding hydrogens is 336 g/mol. The highest BCUT2D eigenvalue weighted by Gasteiger charge is 2.33. The standard InChI is InChI=1S/C19H26N2O5/c1-14(20-19(25)26-13-15-9-5-4-6-10-15)17(22)21-12-8-3-2-7-11-16(21)18(23)24/h4-6,9-10,14,16H,2-3,7-8,11-13H2,1H3,(H,20,25)(H,23,24)/t14-,16?/m0/s1. The summed E-state index contributed by atoms with van der Waals surface area (Å²) < 4.78 is 5.12. The molecule has 2 atom stereocenters. The maximum atomic E-state index is 12.7. The lowest BCUT2D eigenvalue weighted by Gasteiger charge is -2.32. The van der Waals surface area contributed by atoms with Gasteiger partial charge in [-0.3, -0.25) is 4.79 Å². The minimum Gasteiger partial charge on any atom is -0.480 e. The molecule has 0 aromatic heterocycles. The number of carbonyl (C=O) groups excluding carboxylic acids is 2. The summed E-state index contributed by atoms with van der Waals surface area (Å²) in [5.74, 6) is -1.39. The van der Waals surface area contributed by atoms with E-state index < -0.39 is 30.1 Å². The molecular formula is C19H26N2O5. The molecule has 0 saturated carbocycles. The fourth-order valence-corrected chi connectivity index (χ4v) is 3.06. The zero-order chi connectivity index (χ0) is 18.9. The Morgan fingerprint density at radius 2 is 1.88 bits per heavy atom. The predicted octanol–water partition coefficient (Wildman–Crippen LogP) is 2.55. The number of carboxylic acid groups (broad SMARTS) is 1. The van der Waals surface area contributed by atoms with Gasteiger partial charge in [-0.05, 0) is 25.3 Å². The smallest absolute Gasteiger partial charge is 0.408 e. The summed E-state index contributed by atoms with van der Waals surface area (Å²) >= 11 is 0. The highest BCUT2D eigenvalue weighted by Crippen LogP contribution is 2.18. The number of benzene rings is 1. The van der Waals surface area contributed by atoms with Crippen LogP contribution < -0.4 is 5.32 Å². The first-order chi connectivity index (χ1) is 12.5. The summed E-state index contributed by atoms with van der Waals surface area (Å²) in [4.78, 5) is 37.5. The third-order valence-electron chi connectivity index (χ3n) is 4.49. The Hall–Kier alpha value is -2.57. The summed E-state index contributed by atoms with van der Waals surface area (Å²) in [7, 11) is 0. The second kappa shape index (κ2) is 9.79. The summed E-state index contributed by atoms with van der Waals surface area (Å²) in [6.45, 7) is 2.04. The lowest BCUT2D eigenvalue weighted by molar-refractivity contribution is -0.151. The first-order valence-corrected chi connectivity index (χ1v) is 8.99. The minimum atomic E-state index is -1.00. The molecule has 26 heavy (non-hydrogen) atoms. The molecule has 1 aliphatic heterocycles. The van der Waals surface area contributed by atoms with Crippen LogP contribution in [0.25, 0.3) is 0 Å². The molecule has 7 heteroatoms. The number of alkyl carbamates (subject to hydrolysis) is 1. The second-order valence-corrected chi connectivity index (χ2v) is 6.52. The molecule has 1 aromatic rings. The number of nitrogens with one attached hydrogen (secondary N) is 1. The number of ether oxygens (including phenoxy) is 1. The van der Waals surface area contributed by atoms with Gasteiger partial charge in [0.05, 0.1) is 0 Å². The van der Waals surface area contributed by atoms with Crippen molar-refractivity contribution >= 4 is 18.0 Å². The molecule has 2 rings (SSSR count). The average molecular weight is 362 g/mol. The molecule has 0 spiro atoms. The van der Waals surface area contributed by atoms with Crippen LogP contribution in [0.5, 0.6) is 0 Å². The zero-order valence-corrected chi connectivity index (χ0v) is 15.0. The van der Waals surface area contributed by atoms with Gasteiger partial charge in [-0.2, -0.15) is 0 Å². The van der Waals surface area contributed by atoms with Crippen LogP contribution in [-0.4, -0.2) is 46.6 Å². The van der Waals surface area contributed by atoms with Crippen molar-refractivity contribution in [1.29, 1.82) is 0 Å². The third-order valence-corrected chi connectivity index (χ3v) is 4.49. The van der Waals surface area contributed by atoms with Gasteiger partial charge in [-0.1, -0.05) is 49.6 Å². The molecule has 7 nitrogen and oxygen atoms in total. The molecule has 1 unspecified atom stereocenters. The van der Waals surface area contributed by atoms with E-state index in [9.17, 15) is 19.5 Å². The monoisotopic (exact) mass is 362 g/mol. The topological polar surface area (TPSA) is 95.9 Å². The molecule has 2 N–H and O–H groups in total. The van der Waals surface area contributed by atoms with Crippen molar-refractivity contribution in [3.8, 4) is 0 Å². The van der Waals surface area contributed by atoms with Crippen molar-refractivity contribution in [2.75, 3.05) is 6.54 Å². The van der Waals surface area contributed by atoms with Crippen LogP contribution in [-0.2, 0) is 20.9 Å². The van der Waals surface area contributed by atoms with Gasteiger partial charge in [0.15, 0.2) is 0 Å². The maximum Gasteiger partial charge on any atom is 0.408 e. The molecule has 1 aromatic carbocycles. The van der Waals surface area contributed by atoms with Crippen LogP contribution in [0.2, 0.25) is 0 Å². The van der Waals surface area contributed by atoms with Gasteiger partial charge in [0.1, 0.15) is 18.7 Å². The highest BCUT2D eigenvalue weighted by atomic mass is 16.5. The number of carbonyl (C=O) groups is 3. The average Bonchev–Trinajstić information content (AvgIpc) is 2.60. The summed E-state index contributed by atoms with van der Waals surface area (Å²) in [6.07, 6.45) is 3.23. The lowest BCUT2D eigenvalue weighted by atomic mass is 10.0. The Kier molecular flexibility index (Phi) is 7.44. The first-order valence-electron chi connectivity index (χ1n) is 8.99. The van der Waals surface area contributed by atoms with E-state index in [1.807, 2.05) is 30.3 Å². The van der Waals surface area contributed by atoms with Gasteiger partial charge >= 0.3 is 12.1 Å². The molecule has 142 valence electrons. The minimum absolute atomic E-state index is 0.106. The number of likely N-dealkylation sites (tertiary alicyclic amines) is 1. The fourth-order valence-electron chi connectivity index (χ4n) is 3.06. The highest BCUT2D eigenvalue weighted by molar-refractivity contribution is 5.89. The van der Waals surface area contributed by atoms with Gasteiger partial charge < -0.3 is 20.1 Å². The number of nitrogens with zero attached hydrogens (tertiary/aromatic N) is 1. The molecule has 1 fully saturated rings. The van der Waals surface area contributed by atoms with Gasteiger partial charge in [-0.15, -0.1) is 0 Å². The third kappa shape index (κ3) is 5.75. The van der Waals surface area contributed by atoms with Crippen LogP contribution in [0, 0.1) is 0 Å². The Morgan fingerprint density at radius 1 is 1.19 bits per heavy atom. The molecule has 1 heterocycles. The lowest BCUT2D eigenvalue weighted by Crippen LogP contribution is -2.53. The molecule has 2 amide bonds. The number of carboxylic acids is 1. The number of hydrogen-bond donors (Lipinski definition) is 2. The normalized spacial score (nSPS) is 19.0. The van der Waals surface area contributed by atoms with Crippen molar-refractivity contribution in [1.82, 2.24) is 10.2 Å². The zero-order valence-electron chi connectivity index (χ0n) is 15.0. The Morgan fingerprint density at radius 3 is 2.58 bits per heavy atom. The summed E-state index contributed by atoms with van der Waals surface area (Å²) in [5, 5.41) is 11.9. The summed E-state index contributed by atoms with van der Waals surface area (Å²) in [5.41, 5.74) is 0.844. The second-order valence-electron chi connectivity index (χ2n) is 6.52. The van der Waals surface area contributed by atoms with Crippen molar-refractivity contribution < 1.29 is 24.2 Å². The Bertz CT molecular complexity index is 620. The quantitative estimate of drug-likeness (QED) is 0.839. The molecule has 1 aliphatic rings. The van der Waals surface area contributed by atoms with E-state index in [-0.39, 0.29) is 6.61 Å². The van der Waals surface area contributed by atoms with E-state index >= 15 is 0 Å². The predicted molar refractivity (Wildman–Crippen MR) is 95.4 cm³/mol. The van der Waals surface area contributed by atoms with E-state index in [0.29, 0.717) is 13.0 Å². The van der Waals surface area contributed by atoms with Crippen LogP contribution >= 0.6 is 0 Å². The van der Waals surface area contributed by atoms with E-state index in [2.05, 4.69) is 5.32 Å². The van der Waals surface area contributed by atoms with Crippen molar-refractivity contribution in [2.24, 2.45) is 0 Å². The number of hydrogen-bond acceptors (Lipinski definition) is 4. The Labute approximate surface area is 153 Å². The molecule has 0 bridgehead atoms. The summed E-state index contributed by atoms with van der Waals surface area (Å²) in [6, 6.07) is 7.53. The van der Waals surface area contributed by atoms with Crippen LogP contribution in [0.4, 0.5) is 4.79 Å². The number of rotatable bonds is 5. The number of aliphatic carboxylic acids is 1. The molecule has 0 radical (unpaired) electrons. The molecule has 0 aliphatic carbocycles. The van der Waals surface area contributed by atoms with E-state index in [1.165, 1.54) is 4.90 Å². The van der Waals surface area contributed by atoms with Crippen molar-refractivity contribution in [3.63, 3.8) is 0 Å². The number of amides is 2. The van der Waals surface area contributed by atoms with E-state index in [0.717, 1.165) is 31.2 Å². The fraction of sp³-hybridized carbons (Fsp3) is 0.526. The van der Waals surface area contributed by atoms with E-state index in [4.69, 9.17) is 4.74 Å². The first kappa shape index (κ1) is 19.8. The van der Waals surface area contributed by atoms with Gasteiger partial charge in [0.2, 0.25) is 5.91 Å².